The van der Waals surface area contributed by atoms with Crippen molar-refractivity contribution >= 4 is 39.1 Å². The van der Waals surface area contributed by atoms with Crippen molar-refractivity contribution in [3.05, 3.63) is 58.1 Å². The van der Waals surface area contributed by atoms with Gasteiger partial charge in [0.1, 0.15) is 10.8 Å². The molecule has 0 bridgehead atoms. The van der Waals surface area contributed by atoms with Crippen LogP contribution >= 0.6 is 22.9 Å². The number of aromatic nitrogens is 1. The van der Waals surface area contributed by atoms with Gasteiger partial charge in [-0.2, -0.15) is 0 Å². The van der Waals surface area contributed by atoms with E-state index in [4.69, 9.17) is 11.6 Å². The molecule has 0 saturated carbocycles. The molecule has 0 saturated heterocycles. The maximum absolute atomic E-state index is 12.4. The highest BCUT2D eigenvalue weighted by molar-refractivity contribution is 7.18. The van der Waals surface area contributed by atoms with E-state index >= 15 is 0 Å². The van der Waals surface area contributed by atoms with Gasteiger partial charge in [-0.05, 0) is 30.3 Å². The van der Waals surface area contributed by atoms with E-state index in [-0.39, 0.29) is 17.2 Å². The van der Waals surface area contributed by atoms with Gasteiger partial charge in [-0.25, -0.2) is 4.98 Å². The van der Waals surface area contributed by atoms with E-state index in [1.165, 1.54) is 17.0 Å². The number of para-hydroxylation sites is 1. The number of thiazole rings is 1. The second-order valence-corrected chi connectivity index (χ2v) is 6.45. The molecule has 0 aliphatic rings. The number of hydrogen-bond acceptors (Lipinski definition) is 4. The molecule has 0 atom stereocenters. The summed E-state index contributed by atoms with van der Waals surface area (Å²) in [5.41, 5.74) is 1.12. The van der Waals surface area contributed by atoms with Crippen molar-refractivity contribution in [1.82, 2.24) is 9.88 Å². The van der Waals surface area contributed by atoms with Crippen molar-refractivity contribution in [2.24, 2.45) is 0 Å². The van der Waals surface area contributed by atoms with Crippen LogP contribution in [0.2, 0.25) is 5.02 Å². The molecule has 2 aromatic carbocycles. The third-order valence-corrected chi connectivity index (χ3v) is 4.50. The Balaban J connectivity index is 1.82. The van der Waals surface area contributed by atoms with E-state index in [9.17, 15) is 9.90 Å². The number of carbonyl (C=O) groups excluding carboxylic acids is 1. The lowest BCUT2D eigenvalue weighted by molar-refractivity contribution is 0.0782. The Morgan fingerprint density at radius 3 is 2.86 bits per heavy atom. The number of halogens is 1. The summed E-state index contributed by atoms with van der Waals surface area (Å²) in [5, 5.41) is 11.1. The molecule has 0 unspecified atom stereocenters. The molecule has 0 fully saturated rings. The highest BCUT2D eigenvalue weighted by Crippen LogP contribution is 2.25. The van der Waals surface area contributed by atoms with Gasteiger partial charge in [0.2, 0.25) is 0 Å². The highest BCUT2D eigenvalue weighted by atomic mass is 35.5. The normalized spacial score (nSPS) is 10.8. The van der Waals surface area contributed by atoms with Gasteiger partial charge in [0, 0.05) is 12.1 Å². The SMILES string of the molecule is CN(Cc1nc2ccccc2s1)C(=O)c1cc(Cl)ccc1O. The van der Waals surface area contributed by atoms with E-state index in [0.717, 1.165) is 15.2 Å². The number of fused-ring (bicyclic) bond motifs is 1. The average molecular weight is 333 g/mol. The van der Waals surface area contributed by atoms with Crippen LogP contribution in [0.25, 0.3) is 10.2 Å². The standard InChI is InChI=1S/C16H13ClN2O2S/c1-19(16(21)11-8-10(17)6-7-13(11)20)9-15-18-12-4-2-3-5-14(12)22-15/h2-8,20H,9H2,1H3. The number of nitrogens with zero attached hydrogens (tertiary/aromatic N) is 2. The van der Waals surface area contributed by atoms with E-state index < -0.39 is 0 Å². The molecule has 1 aromatic heterocycles. The van der Waals surface area contributed by atoms with Gasteiger partial charge in [-0.15, -0.1) is 11.3 Å². The fourth-order valence-corrected chi connectivity index (χ4v) is 3.34. The lowest BCUT2D eigenvalue weighted by Crippen LogP contribution is -2.26. The zero-order valence-electron chi connectivity index (χ0n) is 11.8. The molecule has 3 rings (SSSR count). The molecule has 1 heterocycles. The Morgan fingerprint density at radius 2 is 2.09 bits per heavy atom. The largest absolute Gasteiger partial charge is 0.507 e. The highest BCUT2D eigenvalue weighted by Gasteiger charge is 2.17. The van der Waals surface area contributed by atoms with Crippen LogP contribution < -0.4 is 0 Å². The Labute approximate surface area is 136 Å². The lowest BCUT2D eigenvalue weighted by atomic mass is 10.2. The molecule has 0 aliphatic carbocycles. The van der Waals surface area contributed by atoms with Crippen LogP contribution in [0.15, 0.2) is 42.5 Å². The zero-order chi connectivity index (χ0) is 15.7. The molecule has 22 heavy (non-hydrogen) atoms. The van der Waals surface area contributed by atoms with Gasteiger partial charge >= 0.3 is 0 Å². The van der Waals surface area contributed by atoms with Crippen LogP contribution in [0.3, 0.4) is 0 Å². The predicted octanol–water partition coefficient (Wildman–Crippen LogP) is 3.93. The van der Waals surface area contributed by atoms with E-state index in [2.05, 4.69) is 4.98 Å². The fourth-order valence-electron chi connectivity index (χ4n) is 2.15. The first-order valence-electron chi connectivity index (χ1n) is 6.63. The fraction of sp³-hybridized carbons (Fsp3) is 0.125. The van der Waals surface area contributed by atoms with E-state index in [0.29, 0.717) is 11.6 Å². The van der Waals surface area contributed by atoms with Gasteiger partial charge in [0.25, 0.3) is 5.91 Å². The summed E-state index contributed by atoms with van der Waals surface area (Å²) in [5.74, 6) is -0.371. The van der Waals surface area contributed by atoms with E-state index in [1.54, 1.807) is 24.5 Å². The molecule has 1 amide bonds. The van der Waals surface area contributed by atoms with Crippen LogP contribution in [0.1, 0.15) is 15.4 Å². The van der Waals surface area contributed by atoms with Crippen molar-refractivity contribution in [2.45, 2.75) is 6.54 Å². The topological polar surface area (TPSA) is 53.4 Å². The van der Waals surface area contributed by atoms with Gasteiger partial charge < -0.3 is 10.0 Å². The van der Waals surface area contributed by atoms with Crippen molar-refractivity contribution in [2.75, 3.05) is 7.05 Å². The monoisotopic (exact) mass is 332 g/mol. The van der Waals surface area contributed by atoms with Crippen molar-refractivity contribution < 1.29 is 9.90 Å². The maximum Gasteiger partial charge on any atom is 0.257 e. The van der Waals surface area contributed by atoms with Crippen molar-refractivity contribution in [1.29, 1.82) is 0 Å². The number of carbonyl (C=O) groups is 1. The number of phenols is 1. The Bertz CT molecular complexity index is 814. The van der Waals surface area contributed by atoms with Crippen molar-refractivity contribution in [3.63, 3.8) is 0 Å². The van der Waals surface area contributed by atoms with E-state index in [1.807, 2.05) is 24.3 Å². The summed E-state index contributed by atoms with van der Waals surface area (Å²) in [4.78, 5) is 18.4. The minimum atomic E-state index is -0.292. The van der Waals surface area contributed by atoms with Crippen molar-refractivity contribution in [3.8, 4) is 5.75 Å². The summed E-state index contributed by atoms with van der Waals surface area (Å²) < 4.78 is 1.09. The lowest BCUT2D eigenvalue weighted by Gasteiger charge is -2.16. The first kappa shape index (κ1) is 14.8. The van der Waals surface area contributed by atoms with Gasteiger partial charge in [0.05, 0.1) is 22.3 Å². The number of phenolic OH excluding ortho intramolecular Hbond substituents is 1. The zero-order valence-corrected chi connectivity index (χ0v) is 13.4. The van der Waals surface area contributed by atoms with Crippen LogP contribution in [0, 0.1) is 0 Å². The van der Waals surface area contributed by atoms with Crippen LogP contribution in [-0.4, -0.2) is 27.9 Å². The summed E-state index contributed by atoms with van der Waals surface area (Å²) in [7, 11) is 1.68. The quantitative estimate of drug-likeness (QED) is 0.790. The first-order valence-corrected chi connectivity index (χ1v) is 7.82. The Hall–Kier alpha value is -2.11. The second-order valence-electron chi connectivity index (χ2n) is 4.90. The number of rotatable bonds is 3. The summed E-state index contributed by atoms with van der Waals surface area (Å²) in [6.07, 6.45) is 0. The molecule has 112 valence electrons. The molecular weight excluding hydrogens is 320 g/mol. The number of hydrogen-bond donors (Lipinski definition) is 1. The Kier molecular flexibility index (Phi) is 4.00. The molecule has 0 radical (unpaired) electrons. The van der Waals surface area contributed by atoms with Crippen LogP contribution in [-0.2, 0) is 6.54 Å². The molecule has 0 aliphatic heterocycles. The van der Waals surface area contributed by atoms with Gasteiger partial charge in [0.15, 0.2) is 0 Å². The maximum atomic E-state index is 12.4. The predicted molar refractivity (Wildman–Crippen MR) is 88.5 cm³/mol. The second kappa shape index (κ2) is 5.94. The molecule has 6 heteroatoms. The minimum absolute atomic E-state index is 0.0782. The number of amides is 1. The third-order valence-electron chi connectivity index (χ3n) is 3.25. The number of benzene rings is 2. The van der Waals surface area contributed by atoms with Gasteiger partial charge in [-0.1, -0.05) is 23.7 Å². The van der Waals surface area contributed by atoms with Gasteiger partial charge in [-0.3, -0.25) is 4.79 Å². The summed E-state index contributed by atoms with van der Waals surface area (Å²) >= 11 is 7.44. The Morgan fingerprint density at radius 1 is 1.32 bits per heavy atom. The molecule has 3 aromatic rings. The third kappa shape index (κ3) is 2.91. The van der Waals surface area contributed by atoms with Crippen LogP contribution in [0.4, 0.5) is 0 Å². The molecule has 4 nitrogen and oxygen atoms in total. The average Bonchev–Trinajstić information content (AvgIpc) is 2.91. The molecular formula is C16H13ClN2O2S. The summed E-state index contributed by atoms with van der Waals surface area (Å²) in [6, 6.07) is 12.3. The minimum Gasteiger partial charge on any atom is -0.507 e. The summed E-state index contributed by atoms with van der Waals surface area (Å²) in [6.45, 7) is 0.379. The van der Waals surface area contributed by atoms with Crippen LogP contribution in [0.5, 0.6) is 5.75 Å². The molecule has 0 spiro atoms. The molecule has 1 N–H and O–H groups in total. The number of aromatic hydroxyl groups is 1. The first-order chi connectivity index (χ1) is 10.5. The smallest absolute Gasteiger partial charge is 0.257 e.